The first-order valence-corrected chi connectivity index (χ1v) is 5.35. The van der Waals surface area contributed by atoms with Gasteiger partial charge in [-0.2, -0.15) is 0 Å². The molecule has 1 rings (SSSR count). The van der Waals surface area contributed by atoms with Gasteiger partial charge in [-0.05, 0) is 38.5 Å². The van der Waals surface area contributed by atoms with E-state index in [0.29, 0.717) is 11.8 Å². The molecule has 0 aromatic rings. The lowest BCUT2D eigenvalue weighted by molar-refractivity contribution is -0.137. The fraction of sp³-hybridized carbons (Fsp3) is 0.909. The maximum Gasteiger partial charge on any atom is 0.251 e. The Morgan fingerprint density at radius 1 is 1.36 bits per heavy atom. The minimum atomic E-state index is -1.26. The van der Waals surface area contributed by atoms with Gasteiger partial charge >= 0.3 is 0 Å². The van der Waals surface area contributed by atoms with Crippen molar-refractivity contribution in [3.8, 4) is 0 Å². The maximum atomic E-state index is 11.5. The molecule has 0 aromatic heterocycles. The molecular weight excluding hydrogens is 178 g/mol. The van der Waals surface area contributed by atoms with E-state index in [1.165, 1.54) is 13.8 Å². The zero-order valence-corrected chi connectivity index (χ0v) is 9.50. The largest absolute Gasteiger partial charge is 0.381 e. The van der Waals surface area contributed by atoms with E-state index in [1.54, 1.807) is 0 Å². The molecule has 0 spiro atoms. The SMILES string of the molecule is CC1CCC(NC(=O)C(C)(C)O)C1C. The second kappa shape index (κ2) is 3.89. The van der Waals surface area contributed by atoms with Gasteiger partial charge < -0.3 is 10.4 Å². The predicted octanol–water partition coefficient (Wildman–Crippen LogP) is 1.31. The monoisotopic (exact) mass is 199 g/mol. The minimum absolute atomic E-state index is 0.240. The number of nitrogens with one attached hydrogen (secondary N) is 1. The molecule has 1 aliphatic carbocycles. The summed E-state index contributed by atoms with van der Waals surface area (Å²) in [7, 11) is 0. The summed E-state index contributed by atoms with van der Waals surface area (Å²) < 4.78 is 0. The number of hydrogen-bond acceptors (Lipinski definition) is 2. The highest BCUT2D eigenvalue weighted by molar-refractivity contribution is 5.84. The molecule has 0 aromatic carbocycles. The van der Waals surface area contributed by atoms with Gasteiger partial charge in [0, 0.05) is 6.04 Å². The van der Waals surface area contributed by atoms with Gasteiger partial charge in [-0.1, -0.05) is 13.8 Å². The van der Waals surface area contributed by atoms with Crippen molar-refractivity contribution in [3.05, 3.63) is 0 Å². The highest BCUT2D eigenvalue weighted by Gasteiger charge is 2.33. The molecule has 0 bridgehead atoms. The number of aliphatic hydroxyl groups is 1. The van der Waals surface area contributed by atoms with E-state index in [2.05, 4.69) is 19.2 Å². The third kappa shape index (κ3) is 2.47. The Labute approximate surface area is 85.9 Å². The van der Waals surface area contributed by atoms with Crippen molar-refractivity contribution in [1.29, 1.82) is 0 Å². The van der Waals surface area contributed by atoms with Crippen molar-refractivity contribution < 1.29 is 9.90 Å². The van der Waals surface area contributed by atoms with Crippen LogP contribution in [0.2, 0.25) is 0 Å². The summed E-state index contributed by atoms with van der Waals surface area (Å²) in [6.07, 6.45) is 2.20. The standard InChI is InChI=1S/C11H21NO2/c1-7-5-6-9(8(7)2)12-10(13)11(3,4)14/h7-9,14H,5-6H2,1-4H3,(H,12,13). The first-order chi connectivity index (χ1) is 6.32. The van der Waals surface area contributed by atoms with Crippen LogP contribution in [0.25, 0.3) is 0 Å². The Morgan fingerprint density at radius 3 is 2.29 bits per heavy atom. The van der Waals surface area contributed by atoms with Crippen LogP contribution >= 0.6 is 0 Å². The van der Waals surface area contributed by atoms with Crippen molar-refractivity contribution >= 4 is 5.91 Å². The summed E-state index contributed by atoms with van der Waals surface area (Å²) in [4.78, 5) is 11.5. The Kier molecular flexibility index (Phi) is 3.20. The van der Waals surface area contributed by atoms with Crippen molar-refractivity contribution in [1.82, 2.24) is 5.32 Å². The smallest absolute Gasteiger partial charge is 0.251 e. The Balaban J connectivity index is 2.50. The van der Waals surface area contributed by atoms with Crippen LogP contribution < -0.4 is 5.32 Å². The van der Waals surface area contributed by atoms with E-state index in [9.17, 15) is 9.90 Å². The van der Waals surface area contributed by atoms with Crippen molar-refractivity contribution in [2.24, 2.45) is 11.8 Å². The highest BCUT2D eigenvalue weighted by atomic mass is 16.3. The van der Waals surface area contributed by atoms with E-state index >= 15 is 0 Å². The van der Waals surface area contributed by atoms with E-state index in [4.69, 9.17) is 0 Å². The van der Waals surface area contributed by atoms with E-state index < -0.39 is 5.60 Å². The van der Waals surface area contributed by atoms with Gasteiger partial charge in [0.15, 0.2) is 0 Å². The van der Waals surface area contributed by atoms with Gasteiger partial charge in [0.2, 0.25) is 0 Å². The second-order valence-electron chi connectivity index (χ2n) is 5.05. The molecule has 1 fully saturated rings. The zero-order chi connectivity index (χ0) is 10.9. The molecule has 0 radical (unpaired) electrons. The number of rotatable bonds is 2. The quantitative estimate of drug-likeness (QED) is 0.704. The van der Waals surface area contributed by atoms with Gasteiger partial charge in [-0.3, -0.25) is 4.79 Å². The van der Waals surface area contributed by atoms with Crippen LogP contribution in [0.1, 0.15) is 40.5 Å². The summed E-state index contributed by atoms with van der Waals surface area (Å²) in [6, 6.07) is 0.240. The van der Waals surface area contributed by atoms with Crippen LogP contribution in [0, 0.1) is 11.8 Å². The summed E-state index contributed by atoms with van der Waals surface area (Å²) in [6.45, 7) is 7.41. The fourth-order valence-electron chi connectivity index (χ4n) is 1.91. The Hall–Kier alpha value is -0.570. The van der Waals surface area contributed by atoms with Crippen LogP contribution in [-0.2, 0) is 4.79 Å². The number of carbonyl (C=O) groups excluding carboxylic acids is 1. The zero-order valence-electron chi connectivity index (χ0n) is 9.50. The molecule has 0 heterocycles. The molecule has 14 heavy (non-hydrogen) atoms. The number of amides is 1. The topological polar surface area (TPSA) is 49.3 Å². The first kappa shape index (κ1) is 11.5. The Bertz CT molecular complexity index is 220. The van der Waals surface area contributed by atoms with E-state index in [0.717, 1.165) is 12.8 Å². The summed E-state index contributed by atoms with van der Waals surface area (Å²) in [5.74, 6) is 0.923. The Morgan fingerprint density at radius 2 is 1.93 bits per heavy atom. The van der Waals surface area contributed by atoms with Crippen LogP contribution in [0.3, 0.4) is 0 Å². The molecule has 1 amide bonds. The molecule has 1 saturated carbocycles. The van der Waals surface area contributed by atoms with Gasteiger partial charge in [0.1, 0.15) is 5.60 Å². The molecule has 3 atom stereocenters. The third-order valence-electron chi connectivity index (χ3n) is 3.34. The molecule has 1 aliphatic rings. The van der Waals surface area contributed by atoms with Gasteiger partial charge in [-0.25, -0.2) is 0 Å². The summed E-state index contributed by atoms with van der Waals surface area (Å²) >= 11 is 0. The van der Waals surface area contributed by atoms with Gasteiger partial charge in [0.25, 0.3) is 5.91 Å². The van der Waals surface area contributed by atoms with Crippen molar-refractivity contribution in [2.45, 2.75) is 52.2 Å². The molecule has 0 aliphatic heterocycles. The van der Waals surface area contributed by atoms with Crippen molar-refractivity contribution in [3.63, 3.8) is 0 Å². The summed E-state index contributed by atoms with van der Waals surface area (Å²) in [5, 5.41) is 12.4. The van der Waals surface area contributed by atoms with Crippen LogP contribution in [0.5, 0.6) is 0 Å². The minimum Gasteiger partial charge on any atom is -0.381 e. The van der Waals surface area contributed by atoms with Crippen LogP contribution in [0.4, 0.5) is 0 Å². The van der Waals surface area contributed by atoms with Gasteiger partial charge in [0.05, 0.1) is 0 Å². The average Bonchev–Trinajstić information content (AvgIpc) is 2.34. The molecule has 0 saturated heterocycles. The number of hydrogen-bond donors (Lipinski definition) is 2. The molecule has 3 nitrogen and oxygen atoms in total. The normalized spacial score (nSPS) is 33.1. The predicted molar refractivity (Wildman–Crippen MR) is 55.8 cm³/mol. The second-order valence-corrected chi connectivity index (χ2v) is 5.05. The maximum absolute atomic E-state index is 11.5. The van der Waals surface area contributed by atoms with Gasteiger partial charge in [-0.15, -0.1) is 0 Å². The lowest BCUT2D eigenvalue weighted by Crippen LogP contribution is -2.47. The van der Waals surface area contributed by atoms with Crippen LogP contribution in [-0.4, -0.2) is 22.7 Å². The fourth-order valence-corrected chi connectivity index (χ4v) is 1.91. The first-order valence-electron chi connectivity index (χ1n) is 5.35. The molecular formula is C11H21NO2. The third-order valence-corrected chi connectivity index (χ3v) is 3.34. The highest BCUT2D eigenvalue weighted by Crippen LogP contribution is 2.31. The molecule has 82 valence electrons. The molecule has 3 unspecified atom stereocenters. The number of carbonyl (C=O) groups is 1. The molecule has 3 heteroatoms. The van der Waals surface area contributed by atoms with Crippen LogP contribution in [0.15, 0.2) is 0 Å². The molecule has 2 N–H and O–H groups in total. The average molecular weight is 199 g/mol. The lowest BCUT2D eigenvalue weighted by atomic mass is 9.97. The summed E-state index contributed by atoms with van der Waals surface area (Å²) in [5.41, 5.74) is -1.26. The lowest BCUT2D eigenvalue weighted by Gasteiger charge is -2.24. The van der Waals surface area contributed by atoms with E-state index in [1.807, 2.05) is 0 Å². The van der Waals surface area contributed by atoms with E-state index in [-0.39, 0.29) is 11.9 Å². The van der Waals surface area contributed by atoms with Crippen molar-refractivity contribution in [2.75, 3.05) is 0 Å².